The standard InChI is InChI=1S/C10H19N3O3/c1-13(2)9(14)6-12-10(15)8-4-7(16-3)5-11-8/h7-8,11H,4-6H2,1-3H3,(H,12,15). The predicted octanol–water partition coefficient (Wildman–Crippen LogP) is -1.43. The SMILES string of the molecule is COC1CNC(C(=O)NCC(=O)N(C)C)C1. The van der Waals surface area contributed by atoms with Gasteiger partial charge in [0.25, 0.3) is 0 Å². The fourth-order valence-electron chi connectivity index (χ4n) is 1.53. The molecule has 2 atom stereocenters. The number of rotatable bonds is 4. The maximum absolute atomic E-state index is 11.6. The van der Waals surface area contributed by atoms with Gasteiger partial charge in [-0.3, -0.25) is 9.59 Å². The number of nitrogens with one attached hydrogen (secondary N) is 2. The molecule has 92 valence electrons. The third-order valence-corrected chi connectivity index (χ3v) is 2.65. The fraction of sp³-hybridized carbons (Fsp3) is 0.800. The Kier molecular flexibility index (Phi) is 4.70. The lowest BCUT2D eigenvalue weighted by Crippen LogP contribution is -2.44. The molecule has 2 amide bonds. The molecule has 0 aromatic rings. The Morgan fingerprint density at radius 2 is 2.19 bits per heavy atom. The first-order chi connectivity index (χ1) is 7.54. The van der Waals surface area contributed by atoms with Gasteiger partial charge in [0.2, 0.25) is 11.8 Å². The summed E-state index contributed by atoms with van der Waals surface area (Å²) in [5.41, 5.74) is 0. The third kappa shape index (κ3) is 3.46. The summed E-state index contributed by atoms with van der Waals surface area (Å²) in [6, 6.07) is -0.250. The van der Waals surface area contributed by atoms with Gasteiger partial charge in [-0.05, 0) is 6.42 Å². The van der Waals surface area contributed by atoms with Gasteiger partial charge in [-0.2, -0.15) is 0 Å². The van der Waals surface area contributed by atoms with E-state index in [0.29, 0.717) is 13.0 Å². The molecule has 0 radical (unpaired) electrons. The highest BCUT2D eigenvalue weighted by Crippen LogP contribution is 2.09. The fourth-order valence-corrected chi connectivity index (χ4v) is 1.53. The second kappa shape index (κ2) is 5.81. The molecule has 0 bridgehead atoms. The molecule has 0 aromatic heterocycles. The first-order valence-electron chi connectivity index (χ1n) is 5.28. The third-order valence-electron chi connectivity index (χ3n) is 2.65. The Morgan fingerprint density at radius 3 is 2.69 bits per heavy atom. The number of methoxy groups -OCH3 is 1. The summed E-state index contributed by atoms with van der Waals surface area (Å²) in [4.78, 5) is 24.3. The van der Waals surface area contributed by atoms with Crippen molar-refractivity contribution in [2.45, 2.75) is 18.6 Å². The molecular weight excluding hydrogens is 210 g/mol. The van der Waals surface area contributed by atoms with Gasteiger partial charge in [-0.1, -0.05) is 0 Å². The summed E-state index contributed by atoms with van der Waals surface area (Å²) < 4.78 is 5.14. The van der Waals surface area contributed by atoms with E-state index in [4.69, 9.17) is 4.74 Å². The van der Waals surface area contributed by atoms with Crippen LogP contribution in [-0.4, -0.2) is 63.2 Å². The van der Waals surface area contributed by atoms with Gasteiger partial charge in [-0.25, -0.2) is 0 Å². The van der Waals surface area contributed by atoms with Crippen LogP contribution >= 0.6 is 0 Å². The van der Waals surface area contributed by atoms with E-state index in [9.17, 15) is 9.59 Å². The van der Waals surface area contributed by atoms with Crippen LogP contribution in [0.2, 0.25) is 0 Å². The highest BCUT2D eigenvalue weighted by atomic mass is 16.5. The van der Waals surface area contributed by atoms with Crippen molar-refractivity contribution in [1.82, 2.24) is 15.5 Å². The van der Waals surface area contributed by atoms with Crippen molar-refractivity contribution in [2.75, 3.05) is 34.3 Å². The van der Waals surface area contributed by atoms with Gasteiger partial charge in [-0.15, -0.1) is 0 Å². The molecule has 0 spiro atoms. The average molecular weight is 229 g/mol. The first kappa shape index (κ1) is 12.9. The number of nitrogens with zero attached hydrogens (tertiary/aromatic N) is 1. The maximum Gasteiger partial charge on any atom is 0.241 e. The van der Waals surface area contributed by atoms with E-state index in [1.165, 1.54) is 4.90 Å². The van der Waals surface area contributed by atoms with Crippen molar-refractivity contribution in [3.63, 3.8) is 0 Å². The lowest BCUT2D eigenvalue weighted by atomic mass is 10.2. The first-order valence-corrected chi connectivity index (χ1v) is 5.28. The van der Waals surface area contributed by atoms with E-state index < -0.39 is 0 Å². The molecule has 1 saturated heterocycles. The minimum Gasteiger partial charge on any atom is -0.380 e. The molecule has 1 aliphatic rings. The highest BCUT2D eigenvalue weighted by Gasteiger charge is 2.29. The van der Waals surface area contributed by atoms with Gasteiger partial charge in [0.1, 0.15) is 0 Å². The smallest absolute Gasteiger partial charge is 0.241 e. The van der Waals surface area contributed by atoms with Crippen LogP contribution in [0.1, 0.15) is 6.42 Å². The normalized spacial score (nSPS) is 24.2. The van der Waals surface area contributed by atoms with E-state index in [-0.39, 0.29) is 30.5 Å². The van der Waals surface area contributed by atoms with Crippen LogP contribution in [-0.2, 0) is 14.3 Å². The Labute approximate surface area is 95.3 Å². The molecule has 6 nitrogen and oxygen atoms in total. The summed E-state index contributed by atoms with van der Waals surface area (Å²) in [6.07, 6.45) is 0.735. The Balaban J connectivity index is 2.28. The Morgan fingerprint density at radius 1 is 1.50 bits per heavy atom. The molecule has 2 N–H and O–H groups in total. The van der Waals surface area contributed by atoms with Crippen LogP contribution in [0.3, 0.4) is 0 Å². The van der Waals surface area contributed by atoms with Gasteiger partial charge in [0.05, 0.1) is 18.7 Å². The number of carbonyl (C=O) groups excluding carboxylic acids is 2. The van der Waals surface area contributed by atoms with Gasteiger partial charge in [0, 0.05) is 27.7 Å². The minimum atomic E-state index is -0.250. The van der Waals surface area contributed by atoms with Crippen LogP contribution in [0.5, 0.6) is 0 Å². The molecule has 0 aliphatic carbocycles. The summed E-state index contributed by atoms with van der Waals surface area (Å²) >= 11 is 0. The lowest BCUT2D eigenvalue weighted by Gasteiger charge is -2.13. The van der Waals surface area contributed by atoms with E-state index >= 15 is 0 Å². The summed E-state index contributed by atoms with van der Waals surface area (Å²) in [5, 5.41) is 5.65. The molecule has 6 heteroatoms. The topological polar surface area (TPSA) is 70.7 Å². The molecule has 16 heavy (non-hydrogen) atoms. The van der Waals surface area contributed by atoms with Gasteiger partial charge in [0.15, 0.2) is 0 Å². The van der Waals surface area contributed by atoms with E-state index in [2.05, 4.69) is 10.6 Å². The minimum absolute atomic E-state index is 0.0433. The van der Waals surface area contributed by atoms with Crippen molar-refractivity contribution in [1.29, 1.82) is 0 Å². The van der Waals surface area contributed by atoms with Crippen molar-refractivity contribution in [3.05, 3.63) is 0 Å². The number of hydrogen-bond donors (Lipinski definition) is 2. The summed E-state index contributed by atoms with van der Waals surface area (Å²) in [5.74, 6) is -0.260. The lowest BCUT2D eigenvalue weighted by molar-refractivity contribution is -0.131. The number of likely N-dealkylation sites (N-methyl/N-ethyl adjacent to an activating group) is 1. The Bertz CT molecular complexity index is 268. The quantitative estimate of drug-likeness (QED) is 0.620. The predicted molar refractivity (Wildman–Crippen MR) is 58.9 cm³/mol. The number of hydrogen-bond acceptors (Lipinski definition) is 4. The van der Waals surface area contributed by atoms with Crippen molar-refractivity contribution in [3.8, 4) is 0 Å². The monoisotopic (exact) mass is 229 g/mol. The Hall–Kier alpha value is -1.14. The van der Waals surface area contributed by atoms with E-state index in [0.717, 1.165) is 0 Å². The van der Waals surface area contributed by atoms with Crippen LogP contribution in [0, 0.1) is 0 Å². The van der Waals surface area contributed by atoms with E-state index in [1.54, 1.807) is 21.2 Å². The molecule has 1 rings (SSSR count). The summed E-state index contributed by atoms with van der Waals surface area (Å²) in [7, 11) is 4.94. The van der Waals surface area contributed by atoms with E-state index in [1.807, 2.05) is 0 Å². The van der Waals surface area contributed by atoms with Gasteiger partial charge >= 0.3 is 0 Å². The van der Waals surface area contributed by atoms with Gasteiger partial charge < -0.3 is 20.3 Å². The second-order valence-electron chi connectivity index (χ2n) is 4.06. The average Bonchev–Trinajstić information content (AvgIpc) is 2.73. The van der Waals surface area contributed by atoms with Crippen molar-refractivity contribution >= 4 is 11.8 Å². The van der Waals surface area contributed by atoms with Crippen LogP contribution in [0.15, 0.2) is 0 Å². The maximum atomic E-state index is 11.6. The molecule has 0 saturated carbocycles. The molecule has 1 heterocycles. The second-order valence-corrected chi connectivity index (χ2v) is 4.06. The zero-order valence-electron chi connectivity index (χ0n) is 9.95. The van der Waals surface area contributed by atoms with Crippen LogP contribution < -0.4 is 10.6 Å². The summed E-state index contributed by atoms with van der Waals surface area (Å²) in [6.45, 7) is 0.720. The molecular formula is C10H19N3O3. The zero-order chi connectivity index (χ0) is 12.1. The number of carbonyl (C=O) groups is 2. The largest absolute Gasteiger partial charge is 0.380 e. The molecule has 1 aliphatic heterocycles. The van der Waals surface area contributed by atoms with Crippen LogP contribution in [0.25, 0.3) is 0 Å². The van der Waals surface area contributed by atoms with Crippen molar-refractivity contribution in [2.24, 2.45) is 0 Å². The van der Waals surface area contributed by atoms with Crippen LogP contribution in [0.4, 0.5) is 0 Å². The highest BCUT2D eigenvalue weighted by molar-refractivity contribution is 5.87. The zero-order valence-corrected chi connectivity index (χ0v) is 9.95. The number of ether oxygens (including phenoxy) is 1. The molecule has 0 aromatic carbocycles. The van der Waals surface area contributed by atoms with Crippen molar-refractivity contribution < 1.29 is 14.3 Å². The number of amides is 2. The molecule has 1 fully saturated rings. The molecule has 2 unspecified atom stereocenters.